The van der Waals surface area contributed by atoms with Crippen LogP contribution in [-0.4, -0.2) is 6.04 Å². The first kappa shape index (κ1) is 13.3. The van der Waals surface area contributed by atoms with Crippen molar-refractivity contribution in [2.24, 2.45) is 5.92 Å². The fourth-order valence-electron chi connectivity index (χ4n) is 3.25. The Hall–Kier alpha value is -0.171. The molecule has 3 atom stereocenters. The number of hydrogen-bond donors (Lipinski definition) is 0. The number of hydrogen-bond acceptors (Lipinski definition) is 0. The monoisotopic (exact) mass is 406 g/mol. The van der Waals surface area contributed by atoms with Crippen molar-refractivity contribution >= 4 is 0 Å². The van der Waals surface area contributed by atoms with Gasteiger partial charge in [-0.3, -0.25) is 0 Å². The first-order chi connectivity index (χ1) is 7.93. The van der Waals surface area contributed by atoms with Crippen LogP contribution in [0.3, 0.4) is 0 Å². The zero-order chi connectivity index (χ0) is 10.8. The summed E-state index contributed by atoms with van der Waals surface area (Å²) in [6.07, 6.45) is 8.17. The summed E-state index contributed by atoms with van der Waals surface area (Å²) in [7, 11) is 0. The quantitative estimate of drug-likeness (QED) is 0.620. The molecule has 2 heteroatoms. The zero-order valence-corrected chi connectivity index (χ0v) is 12.5. The molecule has 1 nitrogen and oxygen atoms in total. The van der Waals surface area contributed by atoms with Crippen molar-refractivity contribution in [1.82, 2.24) is 0 Å². The van der Waals surface area contributed by atoms with Crippen LogP contribution in [-0.2, 0) is 20.1 Å². The molecule has 1 aromatic rings. The normalized spacial score (nSPS) is 32.4. The minimum atomic E-state index is 0. The van der Waals surface area contributed by atoms with Gasteiger partial charge in [0.05, 0.1) is 0 Å². The van der Waals surface area contributed by atoms with E-state index >= 15 is 0 Å². The predicted molar refractivity (Wildman–Crippen MR) is 66.4 cm³/mol. The average Bonchev–Trinajstić information content (AvgIpc) is 2.39. The van der Waals surface area contributed by atoms with Gasteiger partial charge in [-0.05, 0) is 0 Å². The Balaban J connectivity index is 0.00000108. The molecule has 1 saturated heterocycles. The topological polar surface area (TPSA) is 14.1 Å². The van der Waals surface area contributed by atoms with Gasteiger partial charge in [0.25, 0.3) is 0 Å². The summed E-state index contributed by atoms with van der Waals surface area (Å²) in [5.41, 5.74) is 1.30. The molecule has 2 fully saturated rings. The maximum absolute atomic E-state index is 5.04. The van der Waals surface area contributed by atoms with E-state index in [-0.39, 0.29) is 20.1 Å². The molecule has 2 aliphatic rings. The van der Waals surface area contributed by atoms with Crippen molar-refractivity contribution in [3.63, 3.8) is 0 Å². The fourth-order valence-corrected chi connectivity index (χ4v) is 3.25. The van der Waals surface area contributed by atoms with Crippen LogP contribution in [0.5, 0.6) is 0 Å². The van der Waals surface area contributed by atoms with Crippen LogP contribution in [0.25, 0.3) is 5.32 Å². The van der Waals surface area contributed by atoms with E-state index in [1.807, 2.05) is 12.1 Å². The Kier molecular flexibility index (Phi) is 4.78. The van der Waals surface area contributed by atoms with Crippen molar-refractivity contribution in [2.45, 2.75) is 50.6 Å². The van der Waals surface area contributed by atoms with Crippen molar-refractivity contribution < 1.29 is 20.1 Å². The number of benzene rings is 1. The molecule has 0 aromatic heterocycles. The molecule has 0 bridgehead atoms. The van der Waals surface area contributed by atoms with E-state index in [1.165, 1.54) is 44.1 Å². The molecule has 3 unspecified atom stereocenters. The fraction of sp³-hybridized carbons (Fsp3) is 0.600. The van der Waals surface area contributed by atoms with Crippen molar-refractivity contribution in [3.8, 4) is 0 Å². The third kappa shape index (κ3) is 2.99. The molecule has 0 spiro atoms. The van der Waals surface area contributed by atoms with Crippen LogP contribution >= 0.6 is 0 Å². The zero-order valence-electron chi connectivity index (χ0n) is 10.1. The first-order valence-corrected chi connectivity index (χ1v) is 6.60. The van der Waals surface area contributed by atoms with Crippen LogP contribution in [0.1, 0.15) is 50.1 Å². The molecule has 95 valence electrons. The molecule has 0 amide bonds. The number of piperidine rings is 1. The van der Waals surface area contributed by atoms with Crippen molar-refractivity contribution in [3.05, 3.63) is 41.2 Å². The molecule has 0 N–H and O–H groups in total. The van der Waals surface area contributed by atoms with Gasteiger partial charge in [-0.25, -0.2) is 0 Å². The van der Waals surface area contributed by atoms with E-state index in [2.05, 4.69) is 18.2 Å². The smallest absolute Gasteiger partial charge is 0 e. The van der Waals surface area contributed by atoms with Gasteiger partial charge in [0.15, 0.2) is 0 Å². The summed E-state index contributed by atoms with van der Waals surface area (Å²) < 4.78 is 0. The molecule has 1 aromatic carbocycles. The minimum Gasteiger partial charge on any atom is -0.654 e. The van der Waals surface area contributed by atoms with Gasteiger partial charge in [-0.2, -0.15) is 35.9 Å². The molecular formula is C15H19IrN-2. The average molecular weight is 406 g/mol. The number of fused-ring (bicyclic) bond motifs is 1. The van der Waals surface area contributed by atoms with Gasteiger partial charge in [-0.1, -0.05) is 44.4 Å². The second-order valence-corrected chi connectivity index (χ2v) is 5.17. The largest absolute Gasteiger partial charge is 0.654 e. The predicted octanol–water partition coefficient (Wildman–Crippen LogP) is 4.25. The molecule has 1 heterocycles. The minimum absolute atomic E-state index is 0. The van der Waals surface area contributed by atoms with Crippen molar-refractivity contribution in [1.29, 1.82) is 0 Å². The maximum Gasteiger partial charge on any atom is 0 e. The summed E-state index contributed by atoms with van der Waals surface area (Å²) in [5, 5.41) is 5.04. The number of rotatable bonds is 1. The van der Waals surface area contributed by atoms with Crippen LogP contribution < -0.4 is 0 Å². The molecule has 1 aliphatic heterocycles. The SMILES string of the molecule is [Ir].[c-]1ccccc1C1CCC2CCCCC2[N-]1. The van der Waals surface area contributed by atoms with E-state index in [4.69, 9.17) is 5.32 Å². The third-order valence-electron chi connectivity index (χ3n) is 4.14. The van der Waals surface area contributed by atoms with Crippen LogP contribution in [0, 0.1) is 12.0 Å². The molecule has 1 radical (unpaired) electrons. The Morgan fingerprint density at radius 2 is 1.94 bits per heavy atom. The molecule has 1 aliphatic carbocycles. The Labute approximate surface area is 118 Å². The second-order valence-electron chi connectivity index (χ2n) is 5.17. The van der Waals surface area contributed by atoms with Crippen molar-refractivity contribution in [2.75, 3.05) is 0 Å². The van der Waals surface area contributed by atoms with Crippen LogP contribution in [0.15, 0.2) is 24.3 Å². The van der Waals surface area contributed by atoms with Gasteiger partial charge < -0.3 is 5.32 Å². The molecule has 17 heavy (non-hydrogen) atoms. The molecule has 1 saturated carbocycles. The Morgan fingerprint density at radius 1 is 1.06 bits per heavy atom. The van der Waals surface area contributed by atoms with Gasteiger partial charge >= 0.3 is 0 Å². The van der Waals surface area contributed by atoms with Gasteiger partial charge in [0, 0.05) is 20.1 Å². The van der Waals surface area contributed by atoms with Crippen LogP contribution in [0.2, 0.25) is 0 Å². The van der Waals surface area contributed by atoms with E-state index in [1.54, 1.807) is 0 Å². The van der Waals surface area contributed by atoms with E-state index in [0.29, 0.717) is 12.1 Å². The summed E-state index contributed by atoms with van der Waals surface area (Å²) in [6, 6.07) is 12.8. The Bertz CT molecular complexity index is 338. The van der Waals surface area contributed by atoms with E-state index < -0.39 is 0 Å². The summed E-state index contributed by atoms with van der Waals surface area (Å²) >= 11 is 0. The van der Waals surface area contributed by atoms with E-state index in [9.17, 15) is 0 Å². The standard InChI is InChI=1S/C15H19N.Ir/c1-2-6-12(7-3-1)15-11-10-13-8-4-5-9-14(13)16-15;/h1-3,6,13-15H,4-5,8-11H2;/q-2;. The third-order valence-corrected chi connectivity index (χ3v) is 4.14. The van der Waals surface area contributed by atoms with Crippen LogP contribution in [0.4, 0.5) is 0 Å². The van der Waals surface area contributed by atoms with Gasteiger partial charge in [-0.15, -0.1) is 12.1 Å². The molecular weight excluding hydrogens is 386 g/mol. The second kappa shape index (κ2) is 6.13. The maximum atomic E-state index is 5.04. The molecule has 3 rings (SSSR count). The number of nitrogens with zero attached hydrogens (tertiary/aromatic N) is 1. The van der Waals surface area contributed by atoms with Gasteiger partial charge in [0.2, 0.25) is 0 Å². The van der Waals surface area contributed by atoms with E-state index in [0.717, 1.165) is 5.92 Å². The van der Waals surface area contributed by atoms with Gasteiger partial charge in [0.1, 0.15) is 0 Å². The summed E-state index contributed by atoms with van der Waals surface area (Å²) in [6.45, 7) is 0. The Morgan fingerprint density at radius 3 is 2.76 bits per heavy atom. The summed E-state index contributed by atoms with van der Waals surface area (Å²) in [5.74, 6) is 0.897. The summed E-state index contributed by atoms with van der Waals surface area (Å²) in [4.78, 5) is 0. The first-order valence-electron chi connectivity index (χ1n) is 6.60.